The van der Waals surface area contributed by atoms with Crippen LogP contribution in [0.15, 0.2) is 303 Å². The van der Waals surface area contributed by atoms with Crippen molar-refractivity contribution in [2.45, 2.75) is 83.2 Å². The van der Waals surface area contributed by atoms with Gasteiger partial charge in [0.15, 0.2) is 8.07 Å². The van der Waals surface area contributed by atoms with Gasteiger partial charge >= 0.3 is 96.6 Å². The van der Waals surface area contributed by atoms with Crippen molar-refractivity contribution in [3.05, 3.63) is 385 Å². The van der Waals surface area contributed by atoms with Gasteiger partial charge in [0.1, 0.15) is 11.4 Å². The van der Waals surface area contributed by atoms with Crippen LogP contribution in [0.1, 0.15) is 64.8 Å². The van der Waals surface area contributed by atoms with Crippen molar-refractivity contribution in [3.63, 3.8) is 0 Å². The Morgan fingerprint density at radius 2 is 0.492 bits per heavy atom. The second kappa shape index (κ2) is 44.9. The Bertz CT molecular complexity index is 5370. The molecule has 0 aliphatic carbocycles. The van der Waals surface area contributed by atoms with Crippen molar-refractivity contribution in [1.29, 1.82) is 0 Å². The third-order valence-electron chi connectivity index (χ3n) is 18.3. The predicted molar refractivity (Wildman–Crippen MR) is 435 cm³/mol. The molecule has 0 radical (unpaired) electrons. The molecule has 0 aliphatic rings. The van der Waals surface area contributed by atoms with Gasteiger partial charge in [-0.05, 0) is 165 Å². The second-order valence-electron chi connectivity index (χ2n) is 27.0. The molecule has 0 atom stereocenters. The van der Waals surface area contributed by atoms with Gasteiger partial charge in [0.05, 0.1) is 0 Å². The molecule has 10 aromatic heterocycles. The monoisotopic (exact) mass is 2300 g/mol. The number of unbranched alkanes of at least 4 members (excludes halogenated alkanes) is 1. The quantitative estimate of drug-likeness (QED) is 0.0274. The number of hydrogen-bond donors (Lipinski definition) is 0. The summed E-state index contributed by atoms with van der Waals surface area (Å²) < 4.78 is 77.1. The zero-order valence-electron chi connectivity index (χ0n) is 63.6. The maximum atomic E-state index is 12.9. The number of aryl methyl sites for hydroxylation is 6. The van der Waals surface area contributed by atoms with Crippen LogP contribution in [0.3, 0.4) is 0 Å². The first-order chi connectivity index (χ1) is 55.5. The molecule has 6 aromatic carbocycles. The number of rotatable bonds is 22. The molecule has 0 unspecified atom stereocenters. The average molecular weight is 2310 g/mol. The van der Waals surface area contributed by atoms with E-state index in [0.717, 1.165) is 172 Å². The van der Waals surface area contributed by atoms with E-state index in [4.69, 9.17) is 29.9 Å². The van der Waals surface area contributed by atoms with Crippen molar-refractivity contribution in [2.24, 2.45) is 0 Å². The molecule has 600 valence electrons. The molecule has 0 spiro atoms. The summed E-state index contributed by atoms with van der Waals surface area (Å²) in [4.78, 5) is 37.7. The van der Waals surface area contributed by atoms with E-state index in [-0.39, 0.29) is 107 Å². The molecule has 10 heterocycles. The number of hydrogen-bond acceptors (Lipinski definition) is 10. The molecule has 12 nitrogen and oxygen atoms in total. The van der Waals surface area contributed by atoms with Crippen LogP contribution in [-0.4, -0.2) is 58.1 Å². The van der Waals surface area contributed by atoms with E-state index in [9.17, 15) is 26.3 Å². The number of nitrogens with zero attached hydrogens (tertiary/aromatic N) is 12. The van der Waals surface area contributed by atoms with Gasteiger partial charge in [-0.1, -0.05) is 109 Å². The van der Waals surface area contributed by atoms with E-state index in [1.165, 1.54) is 12.1 Å². The smallest absolute Gasteiger partial charge is 0.573 e. The molecule has 23 heteroatoms. The summed E-state index contributed by atoms with van der Waals surface area (Å²) in [6.07, 6.45) is -0.479. The standard InChI is InChI=1S/C26H22N2.C25H20N2.C24H18N2.C20H14F6N6Si.4Pt/c1-3-11-21(12-4-1)25-19-9-17-23(27-25)15-7-8-16-24-18-10-20-26(28-24)22-13-5-2-6-14-22;1-3-10-20(11-4-1)24-18-8-16-22(26-24)14-7-15-23-17-9-19-25(27-23)21-12-5-2-6-13-21;1-3-9-19(10-4-1)23-15-7-13-21(25-23)17-18-22-14-8-16-24(26-22)20-11-5-2-6-12-20;1-33(2,17-7-3-5-11(27-17)13-9-15(31-29-13)19(21,22)23)18-8-4-6-12(28-18)14-10-16(32-30-14)20(24,25)26;;;;/h1-6,9-11,13,17-20H,7-8,15-16H2;1-6,8-10,12,16-19H,7,14-15H2;1-9,11,13-16H,17-18H2;3-10H,1-2H3;;;;/q4*-2;4*+2. The van der Waals surface area contributed by atoms with E-state index in [1.54, 1.807) is 24.3 Å². The van der Waals surface area contributed by atoms with Crippen molar-refractivity contribution >= 4 is 18.7 Å². The number of pyridine rings is 8. The number of benzene rings is 6. The molecule has 0 bridgehead atoms. The third kappa shape index (κ3) is 26.2. The summed E-state index contributed by atoms with van der Waals surface area (Å²) in [7, 11) is -2.61. The van der Waals surface area contributed by atoms with Crippen LogP contribution in [0.25, 0.3) is 90.3 Å². The molecular formula is C95H74F6N12Pt4Si. The largest absolute Gasteiger partial charge is 2.00 e. The van der Waals surface area contributed by atoms with Gasteiger partial charge in [-0.15, -0.1) is 215 Å². The van der Waals surface area contributed by atoms with Gasteiger partial charge < -0.3 is 50.3 Å². The molecule has 16 aromatic rings. The van der Waals surface area contributed by atoms with Gasteiger partial charge in [0.25, 0.3) is 0 Å². The fraction of sp³-hybridized carbons (Fsp3) is 0.137. The van der Waals surface area contributed by atoms with Crippen molar-refractivity contribution in [3.8, 4) is 90.3 Å². The molecule has 16 rings (SSSR count). The average Bonchev–Trinajstić information content (AvgIpc) is 1.34. The Labute approximate surface area is 742 Å². The van der Waals surface area contributed by atoms with E-state index in [2.05, 4.69) is 152 Å². The normalized spacial score (nSPS) is 10.9. The van der Waals surface area contributed by atoms with Crippen LogP contribution < -0.4 is 20.8 Å². The Hall–Kier alpha value is -10.5. The third-order valence-corrected chi connectivity index (χ3v) is 21.5. The molecule has 0 N–H and O–H groups in total. The SMILES string of the molecule is C[Si](C)(c1cccc(-c2cc(C(F)(F)F)n[n-]2)n1)c1cccc(-c2cc(C(F)(F)F)n[n-]2)n1.[Pt+2].[Pt+2].[Pt+2].[Pt+2].[c-]1ccccc1-c1cccc(CCCCc2cccc(-c3[c-]cccc3)n2)n1.[c-]1ccccc1-c1cccc(CCCc2cccc(-c3[c-]cccc3)n2)n1.[c-]1ccccc1-c1cccc(CCc2cccc(-c3[c-]cccc3)n2)n1. The Kier molecular flexibility index (Phi) is 34.8. The molecular weight excluding hydrogens is 2230 g/mol. The molecule has 0 saturated heterocycles. The van der Waals surface area contributed by atoms with Crippen molar-refractivity contribution in [1.82, 2.24) is 60.3 Å². The van der Waals surface area contributed by atoms with Gasteiger partial charge in [0, 0.05) is 56.2 Å². The number of alkyl halides is 6. The maximum Gasteiger partial charge on any atom is 2.00 e. The zero-order valence-corrected chi connectivity index (χ0v) is 73.7. The maximum absolute atomic E-state index is 12.9. The van der Waals surface area contributed by atoms with Crippen LogP contribution in [-0.2, 0) is 135 Å². The zero-order chi connectivity index (χ0) is 79.0. The van der Waals surface area contributed by atoms with Gasteiger partial charge in [-0.3, -0.25) is 9.97 Å². The van der Waals surface area contributed by atoms with Gasteiger partial charge in [0.2, 0.25) is 0 Å². The minimum atomic E-state index is -4.61. The minimum Gasteiger partial charge on any atom is -0.573 e. The Morgan fingerprint density at radius 1 is 0.263 bits per heavy atom. The summed E-state index contributed by atoms with van der Waals surface area (Å²) in [6, 6.07) is 116. The first kappa shape index (κ1) is 91.4. The van der Waals surface area contributed by atoms with E-state index < -0.39 is 31.8 Å². The molecule has 0 aliphatic heterocycles. The van der Waals surface area contributed by atoms with E-state index in [1.807, 2.05) is 183 Å². The van der Waals surface area contributed by atoms with E-state index >= 15 is 0 Å². The Balaban J connectivity index is 0.000000178. The predicted octanol–water partition coefficient (Wildman–Crippen LogP) is 20.1. The number of halogens is 6. The molecule has 0 fully saturated rings. The summed E-state index contributed by atoms with van der Waals surface area (Å²) in [5.74, 6) is 0. The summed E-state index contributed by atoms with van der Waals surface area (Å²) >= 11 is 0. The summed E-state index contributed by atoms with van der Waals surface area (Å²) in [6.45, 7) is 3.84. The second-order valence-corrected chi connectivity index (χ2v) is 31.2. The topological polar surface area (TPSA) is 157 Å². The molecule has 0 saturated carbocycles. The van der Waals surface area contributed by atoms with Crippen LogP contribution in [0.4, 0.5) is 26.3 Å². The number of aromatic nitrogens is 12. The van der Waals surface area contributed by atoms with Gasteiger partial charge in [-0.2, -0.15) is 26.3 Å². The molecule has 118 heavy (non-hydrogen) atoms. The Morgan fingerprint density at radius 3 is 0.720 bits per heavy atom. The first-order valence-corrected chi connectivity index (χ1v) is 40.2. The van der Waals surface area contributed by atoms with Crippen LogP contribution in [0.2, 0.25) is 13.1 Å². The summed E-state index contributed by atoms with van der Waals surface area (Å²) in [5.41, 5.74) is 16.9. The van der Waals surface area contributed by atoms with Crippen LogP contribution in [0, 0.1) is 36.4 Å². The fourth-order valence-corrected chi connectivity index (χ4v) is 14.4. The van der Waals surface area contributed by atoms with Crippen molar-refractivity contribution in [2.75, 3.05) is 0 Å². The first-order valence-electron chi connectivity index (χ1n) is 37.2. The summed E-state index contributed by atoms with van der Waals surface area (Å²) in [5, 5.41) is 14.7. The molecule has 0 amide bonds. The minimum absolute atomic E-state index is 0. The van der Waals surface area contributed by atoms with Crippen molar-refractivity contribution < 1.29 is 111 Å². The van der Waals surface area contributed by atoms with Crippen LogP contribution >= 0.6 is 0 Å². The fourth-order valence-electron chi connectivity index (χ4n) is 12.3. The van der Waals surface area contributed by atoms with Crippen LogP contribution in [0.5, 0.6) is 0 Å². The van der Waals surface area contributed by atoms with Gasteiger partial charge in [-0.25, -0.2) is 0 Å². The van der Waals surface area contributed by atoms with E-state index in [0.29, 0.717) is 10.6 Å².